The SMILES string of the molecule is Cc1c(N)cncc1-c1cc2cc(NC(=O)O[C@@]3(C)CCOC3)ncc2c(N)n1.Cc1c(N)cncc1-c1cc2cc(NC(=O)O[C@]3(C)CCOC3)ncc2c(N)n1. The minimum atomic E-state index is -0.625. The Bertz CT molecular complexity index is 2360. The van der Waals surface area contributed by atoms with Gasteiger partial charge >= 0.3 is 12.2 Å². The number of rotatable bonds is 6. The van der Waals surface area contributed by atoms with E-state index in [0.29, 0.717) is 96.1 Å². The minimum Gasteiger partial charge on any atom is -0.440 e. The number of carbonyl (C=O) groups excluding carboxylic acids is 2. The molecule has 0 unspecified atom stereocenters. The van der Waals surface area contributed by atoms with Gasteiger partial charge in [-0.05, 0) is 73.9 Å². The normalized spacial score (nSPS) is 18.7. The van der Waals surface area contributed by atoms with Crippen LogP contribution in [0.4, 0.5) is 44.2 Å². The number of anilines is 6. The molecular formula is C40H44N12O6. The number of aromatic nitrogens is 6. The molecule has 0 radical (unpaired) electrons. The fourth-order valence-electron chi connectivity index (χ4n) is 6.52. The third kappa shape index (κ3) is 8.57. The van der Waals surface area contributed by atoms with Gasteiger partial charge in [-0.3, -0.25) is 20.6 Å². The van der Waals surface area contributed by atoms with Gasteiger partial charge in [0.2, 0.25) is 0 Å². The maximum Gasteiger partial charge on any atom is 0.413 e. The molecule has 8 rings (SSSR count). The lowest BCUT2D eigenvalue weighted by Crippen LogP contribution is -2.34. The van der Waals surface area contributed by atoms with Crippen molar-refractivity contribution in [2.45, 2.75) is 51.7 Å². The van der Waals surface area contributed by atoms with Crippen molar-refractivity contribution in [3.63, 3.8) is 0 Å². The number of nitrogens with two attached hydrogens (primary N) is 4. The highest BCUT2D eigenvalue weighted by molar-refractivity contribution is 5.97. The molecule has 300 valence electrons. The minimum absolute atomic E-state index is 0.330. The van der Waals surface area contributed by atoms with E-state index in [-0.39, 0.29) is 0 Å². The second-order valence-corrected chi connectivity index (χ2v) is 14.7. The van der Waals surface area contributed by atoms with E-state index >= 15 is 0 Å². The van der Waals surface area contributed by atoms with Gasteiger partial charge < -0.3 is 41.9 Å². The summed E-state index contributed by atoms with van der Waals surface area (Å²) in [5.41, 5.74) is 28.7. The largest absolute Gasteiger partial charge is 0.440 e. The summed E-state index contributed by atoms with van der Waals surface area (Å²) in [7, 11) is 0. The van der Waals surface area contributed by atoms with E-state index in [4.69, 9.17) is 41.9 Å². The van der Waals surface area contributed by atoms with E-state index in [1.165, 1.54) is 0 Å². The van der Waals surface area contributed by atoms with Crippen molar-refractivity contribution in [3.8, 4) is 22.5 Å². The number of amides is 2. The number of hydrogen-bond acceptors (Lipinski definition) is 16. The molecule has 10 N–H and O–H groups in total. The molecule has 2 amide bonds. The topological polar surface area (TPSA) is 277 Å². The van der Waals surface area contributed by atoms with Crippen LogP contribution in [0.1, 0.15) is 37.8 Å². The molecule has 0 aromatic carbocycles. The van der Waals surface area contributed by atoms with Gasteiger partial charge in [-0.2, -0.15) is 0 Å². The Hall–Kier alpha value is -6.92. The van der Waals surface area contributed by atoms with Crippen LogP contribution in [-0.4, -0.2) is 79.7 Å². The van der Waals surface area contributed by atoms with E-state index in [9.17, 15) is 9.59 Å². The molecule has 2 saturated heterocycles. The summed E-state index contributed by atoms with van der Waals surface area (Å²) >= 11 is 0. The molecule has 2 fully saturated rings. The second-order valence-electron chi connectivity index (χ2n) is 14.7. The molecule has 18 nitrogen and oxygen atoms in total. The lowest BCUT2D eigenvalue weighted by Gasteiger charge is -2.22. The summed E-state index contributed by atoms with van der Waals surface area (Å²) in [5, 5.41) is 8.23. The van der Waals surface area contributed by atoms with Crippen molar-refractivity contribution < 1.29 is 28.5 Å². The molecule has 2 aliphatic heterocycles. The highest BCUT2D eigenvalue weighted by Gasteiger charge is 2.35. The van der Waals surface area contributed by atoms with Crippen LogP contribution in [0.2, 0.25) is 0 Å². The van der Waals surface area contributed by atoms with Gasteiger partial charge in [-0.25, -0.2) is 29.5 Å². The summed E-state index contributed by atoms with van der Waals surface area (Å²) in [4.78, 5) is 50.2. The van der Waals surface area contributed by atoms with Gasteiger partial charge in [0, 0.05) is 59.5 Å². The lowest BCUT2D eigenvalue weighted by atomic mass is 10.0. The number of nitrogen functional groups attached to an aromatic ring is 4. The zero-order valence-electron chi connectivity index (χ0n) is 32.5. The lowest BCUT2D eigenvalue weighted by molar-refractivity contribution is 0.0235. The first-order valence-electron chi connectivity index (χ1n) is 18.4. The van der Waals surface area contributed by atoms with Gasteiger partial charge in [0.15, 0.2) is 0 Å². The van der Waals surface area contributed by atoms with Crippen molar-refractivity contribution in [1.82, 2.24) is 29.9 Å². The molecule has 0 aliphatic carbocycles. The fraction of sp³-hybridized carbons (Fsp3) is 0.300. The molecule has 58 heavy (non-hydrogen) atoms. The Balaban J connectivity index is 0.000000177. The molecule has 18 heteroatoms. The predicted molar refractivity (Wildman–Crippen MR) is 221 cm³/mol. The van der Waals surface area contributed by atoms with Crippen LogP contribution < -0.4 is 33.6 Å². The molecule has 0 bridgehead atoms. The first-order chi connectivity index (χ1) is 27.7. The summed E-state index contributed by atoms with van der Waals surface area (Å²) in [6.45, 7) is 9.39. The number of pyridine rings is 6. The van der Waals surface area contributed by atoms with Gasteiger partial charge in [0.25, 0.3) is 0 Å². The van der Waals surface area contributed by atoms with E-state index in [1.54, 1.807) is 49.3 Å². The van der Waals surface area contributed by atoms with Crippen LogP contribution in [0.15, 0.2) is 61.4 Å². The monoisotopic (exact) mass is 788 g/mol. The van der Waals surface area contributed by atoms with E-state index in [0.717, 1.165) is 33.0 Å². The summed E-state index contributed by atoms with van der Waals surface area (Å²) < 4.78 is 21.6. The van der Waals surface area contributed by atoms with Crippen LogP contribution in [0.25, 0.3) is 44.1 Å². The van der Waals surface area contributed by atoms with Crippen LogP contribution >= 0.6 is 0 Å². The Kier molecular flexibility index (Phi) is 10.8. The summed E-state index contributed by atoms with van der Waals surface area (Å²) in [5.74, 6) is 1.36. The van der Waals surface area contributed by atoms with Crippen LogP contribution in [0.5, 0.6) is 0 Å². The zero-order chi connectivity index (χ0) is 41.2. The van der Waals surface area contributed by atoms with Crippen LogP contribution in [0, 0.1) is 13.8 Å². The predicted octanol–water partition coefficient (Wildman–Crippen LogP) is 5.78. The van der Waals surface area contributed by atoms with Crippen LogP contribution in [0.3, 0.4) is 0 Å². The second kappa shape index (κ2) is 15.9. The number of ether oxygens (including phenoxy) is 4. The molecule has 6 aromatic rings. The Labute approximate surface area is 333 Å². The fourth-order valence-corrected chi connectivity index (χ4v) is 6.52. The van der Waals surface area contributed by atoms with Gasteiger partial charge in [0.05, 0.1) is 61.6 Å². The summed E-state index contributed by atoms with van der Waals surface area (Å²) in [6.07, 6.45) is 9.88. The van der Waals surface area contributed by atoms with Gasteiger partial charge in [-0.1, -0.05) is 0 Å². The molecule has 8 heterocycles. The van der Waals surface area contributed by atoms with Gasteiger partial charge in [-0.15, -0.1) is 0 Å². The maximum absolute atomic E-state index is 12.3. The van der Waals surface area contributed by atoms with Crippen molar-refractivity contribution in [2.75, 3.05) is 60.0 Å². The molecule has 2 aliphatic rings. The summed E-state index contributed by atoms with van der Waals surface area (Å²) in [6, 6.07) is 7.17. The smallest absolute Gasteiger partial charge is 0.413 e. The molecule has 0 spiro atoms. The molecule has 2 atom stereocenters. The maximum atomic E-state index is 12.3. The first-order valence-corrected chi connectivity index (χ1v) is 18.4. The third-order valence-corrected chi connectivity index (χ3v) is 10.1. The van der Waals surface area contributed by atoms with E-state index in [1.807, 2.05) is 39.8 Å². The Morgan fingerprint density at radius 2 is 1.05 bits per heavy atom. The highest BCUT2D eigenvalue weighted by atomic mass is 16.6. The van der Waals surface area contributed by atoms with Gasteiger partial charge in [0.1, 0.15) is 34.5 Å². The zero-order valence-corrected chi connectivity index (χ0v) is 32.5. The average Bonchev–Trinajstić information content (AvgIpc) is 3.81. The third-order valence-electron chi connectivity index (χ3n) is 10.1. The first kappa shape index (κ1) is 39.3. The van der Waals surface area contributed by atoms with Crippen molar-refractivity contribution >= 4 is 68.4 Å². The van der Waals surface area contributed by atoms with E-state index < -0.39 is 23.4 Å². The number of carbonyl (C=O) groups is 2. The van der Waals surface area contributed by atoms with Crippen molar-refractivity contribution in [1.29, 1.82) is 0 Å². The van der Waals surface area contributed by atoms with E-state index in [2.05, 4.69) is 40.5 Å². The Morgan fingerprint density at radius 1 is 0.638 bits per heavy atom. The average molecular weight is 789 g/mol. The van der Waals surface area contributed by atoms with Crippen molar-refractivity contribution in [2.24, 2.45) is 0 Å². The standard InChI is InChI=1S/2C20H22N6O3/c2*1-11-13(7-23-9-15(11)21)16-5-12-6-17(24-8-14(12)18(22)25-16)26-19(27)29-20(2)3-4-28-10-20/h2*5-9H,3-4,10,21H2,1-2H3,(H2,22,25)(H,24,26,27)/t2*20-/m10/s1. The molecular weight excluding hydrogens is 745 g/mol. The number of nitrogens with one attached hydrogen (secondary N) is 2. The Morgan fingerprint density at radius 3 is 1.43 bits per heavy atom. The van der Waals surface area contributed by atoms with Crippen molar-refractivity contribution in [3.05, 3.63) is 72.6 Å². The number of nitrogens with zero attached hydrogens (tertiary/aromatic N) is 6. The highest BCUT2D eigenvalue weighted by Crippen LogP contribution is 2.32. The quantitative estimate of drug-likeness (QED) is 0.117. The molecule has 6 aromatic heterocycles. The molecule has 0 saturated carbocycles. The number of fused-ring (bicyclic) bond motifs is 2. The van der Waals surface area contributed by atoms with Crippen LogP contribution in [-0.2, 0) is 18.9 Å². The number of hydrogen-bond donors (Lipinski definition) is 6.